The fraction of sp³-hybridized carbons (Fsp3) is 1.00. The maximum Gasteiger partial charge on any atom is 0.699 e. The lowest BCUT2D eigenvalue weighted by atomic mass is 10.5. The quantitative estimate of drug-likeness (QED) is 0.103. The van der Waals surface area contributed by atoms with E-state index in [2.05, 4.69) is 9.46 Å². The minimum absolute atomic E-state index is 2.67. The highest BCUT2D eigenvalue weighted by Crippen LogP contribution is 2.05. The van der Waals surface area contributed by atoms with Gasteiger partial charge in [-0.15, -0.1) is 0 Å². The molecule has 0 radical (unpaired) electrons. The Kier molecular flexibility index (Phi) is 3.67. The van der Waals surface area contributed by atoms with Gasteiger partial charge in [0.25, 0.3) is 6.29 Å². The molecule has 0 aromatic carbocycles. The molecule has 74 valence electrons. The van der Waals surface area contributed by atoms with Crippen molar-refractivity contribution in [2.24, 2.45) is 0 Å². The normalized spacial score (nSPS) is 16.2. The van der Waals surface area contributed by atoms with Crippen molar-refractivity contribution < 1.29 is 44.3 Å². The highest BCUT2D eigenvalue weighted by molar-refractivity contribution is 6.48. The van der Waals surface area contributed by atoms with E-state index in [0.717, 1.165) is 0 Å². The zero-order valence-electron chi connectivity index (χ0n) is 5.52. The number of aliphatic hydroxyl groups excluding tert-OH is 1. The van der Waals surface area contributed by atoms with E-state index in [1.165, 1.54) is 0 Å². The van der Waals surface area contributed by atoms with Gasteiger partial charge in [-0.05, 0) is 0 Å². The summed E-state index contributed by atoms with van der Waals surface area (Å²) in [5, 5.41) is 32.7. The molecular formula is C2H8O9Si. The Labute approximate surface area is 66.7 Å². The maximum absolute atomic E-state index is 8.34. The van der Waals surface area contributed by atoms with Crippen LogP contribution in [0.2, 0.25) is 0 Å². The van der Waals surface area contributed by atoms with Crippen molar-refractivity contribution in [1.29, 1.82) is 0 Å². The van der Waals surface area contributed by atoms with Crippen LogP contribution in [0.15, 0.2) is 0 Å². The number of hydrogen-bond donors (Lipinski definition) is 7. The summed E-state index contributed by atoms with van der Waals surface area (Å²) >= 11 is 0. The van der Waals surface area contributed by atoms with Gasteiger partial charge in [-0.25, -0.2) is 4.89 Å². The van der Waals surface area contributed by atoms with Gasteiger partial charge in [0.1, 0.15) is 0 Å². The van der Waals surface area contributed by atoms with Crippen LogP contribution in [-0.4, -0.2) is 56.1 Å². The van der Waals surface area contributed by atoms with E-state index in [0.29, 0.717) is 0 Å². The molecule has 1 unspecified atom stereocenters. The van der Waals surface area contributed by atoms with E-state index in [9.17, 15) is 0 Å². The Morgan fingerprint density at radius 3 is 1.75 bits per heavy atom. The molecule has 0 aliphatic heterocycles. The second-order valence-electron chi connectivity index (χ2n) is 1.79. The lowest BCUT2D eigenvalue weighted by Gasteiger charge is -2.20. The first-order chi connectivity index (χ1) is 5.13. The van der Waals surface area contributed by atoms with E-state index >= 15 is 0 Å². The van der Waals surface area contributed by atoms with Crippen molar-refractivity contribution in [3.05, 3.63) is 0 Å². The Balaban J connectivity index is 3.80. The smallest absolute Gasteiger partial charge is 0.366 e. The van der Waals surface area contributed by atoms with Crippen molar-refractivity contribution in [1.82, 2.24) is 0 Å². The summed E-state index contributed by atoms with van der Waals surface area (Å²) in [6, 6.07) is 0. The largest absolute Gasteiger partial charge is 0.699 e. The predicted molar refractivity (Wildman–Crippen MR) is 30.0 cm³/mol. The van der Waals surface area contributed by atoms with Crippen LogP contribution in [0, 0.1) is 0 Å². The van der Waals surface area contributed by atoms with Crippen LogP contribution in [0.1, 0.15) is 0 Å². The van der Waals surface area contributed by atoms with Gasteiger partial charge >= 0.3 is 15.0 Å². The molecule has 10 heteroatoms. The minimum Gasteiger partial charge on any atom is -0.366 e. The summed E-state index contributed by atoms with van der Waals surface area (Å²) in [6.45, 7) is 0. The van der Waals surface area contributed by atoms with Crippen LogP contribution in [0.3, 0.4) is 0 Å². The molecule has 0 spiro atoms. The fourth-order valence-corrected chi connectivity index (χ4v) is 0.395. The average molecular weight is 204 g/mol. The van der Waals surface area contributed by atoms with Crippen LogP contribution in [0.25, 0.3) is 0 Å². The van der Waals surface area contributed by atoms with Crippen molar-refractivity contribution >= 4 is 9.05 Å². The van der Waals surface area contributed by atoms with Gasteiger partial charge in [0.05, 0.1) is 0 Å². The first-order valence-corrected chi connectivity index (χ1v) is 4.24. The molecule has 7 N–H and O–H groups in total. The van der Waals surface area contributed by atoms with Crippen LogP contribution < -0.4 is 0 Å². The molecule has 0 saturated heterocycles. The van der Waals surface area contributed by atoms with E-state index in [-0.39, 0.29) is 0 Å². The SMILES string of the molecule is OC(OO[Si](O)(O)O)C(O)(O)O. The highest BCUT2D eigenvalue weighted by atomic mass is 28.4. The Bertz CT molecular complexity index is 132. The van der Waals surface area contributed by atoms with Crippen LogP contribution in [-0.2, 0) is 9.46 Å². The number of aliphatic hydroxyl groups is 4. The molecule has 12 heavy (non-hydrogen) atoms. The summed E-state index contributed by atoms with van der Waals surface area (Å²) in [5.74, 6) is -3.63. The number of hydrogen-bond acceptors (Lipinski definition) is 9. The molecule has 0 amide bonds. The van der Waals surface area contributed by atoms with Gasteiger partial charge in [0.2, 0.25) is 0 Å². The number of rotatable bonds is 4. The standard InChI is InChI=1S/C2H8O9Si/c3-1(2(4,5)6)10-11-12(7,8)9/h1,3-9H. The molecule has 0 fully saturated rings. The molecule has 0 aliphatic carbocycles. The average Bonchev–Trinajstić information content (AvgIpc) is 1.78. The minimum atomic E-state index is -5.01. The molecule has 0 aliphatic rings. The molecule has 0 aromatic heterocycles. The molecular weight excluding hydrogens is 196 g/mol. The highest BCUT2D eigenvalue weighted by Gasteiger charge is 2.39. The molecule has 1 atom stereocenters. The second-order valence-corrected chi connectivity index (χ2v) is 3.11. The molecule has 9 nitrogen and oxygen atoms in total. The molecule has 0 bridgehead atoms. The molecule has 0 heterocycles. The third-order valence-electron chi connectivity index (χ3n) is 0.582. The van der Waals surface area contributed by atoms with Gasteiger partial charge in [-0.2, -0.15) is 4.58 Å². The molecule has 0 saturated carbocycles. The summed E-state index contributed by atoms with van der Waals surface area (Å²) in [5.41, 5.74) is 0. The van der Waals surface area contributed by atoms with Gasteiger partial charge < -0.3 is 34.8 Å². The monoisotopic (exact) mass is 204 g/mol. The van der Waals surface area contributed by atoms with Gasteiger partial charge in [0.15, 0.2) is 0 Å². The first-order valence-electron chi connectivity index (χ1n) is 2.50. The summed E-state index contributed by atoms with van der Waals surface area (Å²) in [4.78, 5) is 27.6. The van der Waals surface area contributed by atoms with Gasteiger partial charge in [0, 0.05) is 0 Å². The Morgan fingerprint density at radius 2 is 1.50 bits per heavy atom. The van der Waals surface area contributed by atoms with Crippen LogP contribution in [0.4, 0.5) is 0 Å². The van der Waals surface area contributed by atoms with Crippen molar-refractivity contribution in [2.45, 2.75) is 12.3 Å². The first kappa shape index (κ1) is 11.9. The van der Waals surface area contributed by atoms with Gasteiger partial charge in [-0.1, -0.05) is 0 Å². The molecule has 0 aromatic rings. The Morgan fingerprint density at radius 1 is 1.08 bits per heavy atom. The summed E-state index contributed by atoms with van der Waals surface area (Å²) < 4.78 is 3.29. The second kappa shape index (κ2) is 3.71. The van der Waals surface area contributed by atoms with E-state index in [1.807, 2.05) is 0 Å². The van der Waals surface area contributed by atoms with E-state index in [1.54, 1.807) is 0 Å². The lowest BCUT2D eigenvalue weighted by Crippen LogP contribution is -2.47. The third-order valence-corrected chi connectivity index (χ3v) is 0.902. The molecule has 0 rings (SSSR count). The predicted octanol–water partition coefficient (Wildman–Crippen LogP) is -4.70. The maximum atomic E-state index is 8.34. The van der Waals surface area contributed by atoms with Crippen LogP contribution in [0.5, 0.6) is 0 Å². The fourth-order valence-electron chi connectivity index (χ4n) is 0.175. The van der Waals surface area contributed by atoms with E-state index < -0.39 is 21.3 Å². The van der Waals surface area contributed by atoms with Crippen molar-refractivity contribution in [2.75, 3.05) is 0 Å². The topological polar surface area (TPSA) is 160 Å². The van der Waals surface area contributed by atoms with Crippen molar-refractivity contribution in [3.8, 4) is 0 Å². The van der Waals surface area contributed by atoms with Crippen molar-refractivity contribution in [3.63, 3.8) is 0 Å². The van der Waals surface area contributed by atoms with Gasteiger partial charge in [-0.3, -0.25) is 0 Å². The lowest BCUT2D eigenvalue weighted by molar-refractivity contribution is -0.466. The zero-order chi connectivity index (χ0) is 9.99. The van der Waals surface area contributed by atoms with E-state index in [4.69, 9.17) is 34.8 Å². The zero-order valence-corrected chi connectivity index (χ0v) is 6.52. The third kappa shape index (κ3) is 5.50. The Hall–Kier alpha value is -0.143. The summed E-state index contributed by atoms with van der Waals surface area (Å²) in [6.07, 6.45) is -2.67. The van der Waals surface area contributed by atoms with Crippen LogP contribution >= 0.6 is 0 Å². The summed E-state index contributed by atoms with van der Waals surface area (Å²) in [7, 11) is -5.01.